The van der Waals surface area contributed by atoms with Crippen LogP contribution in [-0.2, 0) is 5.75 Å². The highest BCUT2D eigenvalue weighted by Gasteiger charge is 2.25. The van der Waals surface area contributed by atoms with E-state index in [1.807, 2.05) is 29.6 Å². The van der Waals surface area contributed by atoms with E-state index in [2.05, 4.69) is 4.99 Å². The summed E-state index contributed by atoms with van der Waals surface area (Å²) in [5, 5.41) is 3.91. The van der Waals surface area contributed by atoms with Crippen molar-refractivity contribution in [3.8, 4) is 0 Å². The van der Waals surface area contributed by atoms with Crippen molar-refractivity contribution in [3.05, 3.63) is 56.2 Å². The molecule has 1 amide bonds. The first-order valence-electron chi connectivity index (χ1n) is 6.61. The first-order valence-corrected chi connectivity index (χ1v) is 9.24. The normalized spacial score (nSPS) is 14.3. The molecule has 2 heterocycles. The van der Waals surface area contributed by atoms with Crippen LogP contribution in [0.25, 0.3) is 0 Å². The standard InChI is InChI=1S/C15H12Cl2N2OS2/c16-11-4-3-10(12(17)8-11)9-22-15-18-5-6-19(15)14(20)13-2-1-7-21-13/h1-4,7-8H,5-6,9H2. The van der Waals surface area contributed by atoms with E-state index < -0.39 is 0 Å². The van der Waals surface area contributed by atoms with E-state index in [-0.39, 0.29) is 5.91 Å². The summed E-state index contributed by atoms with van der Waals surface area (Å²) in [6, 6.07) is 9.16. The van der Waals surface area contributed by atoms with Gasteiger partial charge in [-0.05, 0) is 29.1 Å². The zero-order valence-corrected chi connectivity index (χ0v) is 14.6. The highest BCUT2D eigenvalue weighted by atomic mass is 35.5. The maximum Gasteiger partial charge on any atom is 0.269 e. The summed E-state index contributed by atoms with van der Waals surface area (Å²) in [4.78, 5) is 19.3. The van der Waals surface area contributed by atoms with E-state index in [0.29, 0.717) is 28.9 Å². The van der Waals surface area contributed by atoms with Crippen molar-refractivity contribution >= 4 is 57.4 Å². The number of carbonyl (C=O) groups is 1. The zero-order valence-electron chi connectivity index (χ0n) is 11.5. The van der Waals surface area contributed by atoms with Crippen LogP contribution in [0.1, 0.15) is 15.2 Å². The van der Waals surface area contributed by atoms with Crippen LogP contribution in [-0.4, -0.2) is 29.1 Å². The van der Waals surface area contributed by atoms with E-state index in [9.17, 15) is 4.79 Å². The molecule has 0 fully saturated rings. The number of benzene rings is 1. The van der Waals surface area contributed by atoms with Crippen molar-refractivity contribution in [2.45, 2.75) is 5.75 Å². The molecular weight excluding hydrogens is 359 g/mol. The number of thioether (sulfide) groups is 1. The third kappa shape index (κ3) is 3.49. The maximum absolute atomic E-state index is 12.4. The van der Waals surface area contributed by atoms with Gasteiger partial charge in [0.05, 0.1) is 11.4 Å². The molecule has 22 heavy (non-hydrogen) atoms. The molecule has 0 spiro atoms. The highest BCUT2D eigenvalue weighted by Crippen LogP contribution is 2.27. The van der Waals surface area contributed by atoms with Gasteiger partial charge in [-0.2, -0.15) is 0 Å². The molecule has 1 aliphatic heterocycles. The minimum atomic E-state index is 0.0148. The summed E-state index contributed by atoms with van der Waals surface area (Å²) in [5.41, 5.74) is 0.981. The molecule has 1 aliphatic rings. The largest absolute Gasteiger partial charge is 0.285 e. The Hall–Kier alpha value is -1.01. The van der Waals surface area contributed by atoms with Gasteiger partial charge in [-0.15, -0.1) is 11.3 Å². The molecule has 1 aromatic heterocycles. The first kappa shape index (κ1) is 15.9. The molecule has 114 valence electrons. The summed E-state index contributed by atoms with van der Waals surface area (Å²) in [5.74, 6) is 0.671. The van der Waals surface area contributed by atoms with Gasteiger partial charge in [-0.3, -0.25) is 14.7 Å². The second-order valence-electron chi connectivity index (χ2n) is 4.62. The number of rotatable bonds is 3. The summed E-state index contributed by atoms with van der Waals surface area (Å²) < 4.78 is 0. The number of aliphatic imine (C=N–C) groups is 1. The monoisotopic (exact) mass is 370 g/mol. The van der Waals surface area contributed by atoms with Crippen LogP contribution in [0.3, 0.4) is 0 Å². The molecule has 1 aromatic carbocycles. The molecule has 0 saturated carbocycles. The van der Waals surface area contributed by atoms with Crippen LogP contribution in [0.15, 0.2) is 40.7 Å². The van der Waals surface area contributed by atoms with Crippen LogP contribution in [0.2, 0.25) is 10.0 Å². The van der Waals surface area contributed by atoms with Crippen molar-refractivity contribution in [1.82, 2.24) is 4.90 Å². The SMILES string of the molecule is O=C(c1cccs1)N1CCN=C1SCc1ccc(Cl)cc1Cl. The number of nitrogens with zero attached hydrogens (tertiary/aromatic N) is 2. The quantitative estimate of drug-likeness (QED) is 0.776. The summed E-state index contributed by atoms with van der Waals surface area (Å²) in [6.45, 7) is 1.28. The fourth-order valence-electron chi connectivity index (χ4n) is 2.05. The maximum atomic E-state index is 12.4. The number of hydrogen-bond acceptors (Lipinski definition) is 4. The summed E-state index contributed by atoms with van der Waals surface area (Å²) in [7, 11) is 0. The van der Waals surface area contributed by atoms with Gasteiger partial charge in [-0.25, -0.2) is 0 Å². The average molecular weight is 371 g/mol. The number of amidine groups is 1. The lowest BCUT2D eigenvalue weighted by Gasteiger charge is -2.17. The Morgan fingerprint density at radius 3 is 2.95 bits per heavy atom. The second-order valence-corrected chi connectivity index (χ2v) is 7.36. The van der Waals surface area contributed by atoms with Gasteiger partial charge < -0.3 is 0 Å². The molecule has 3 rings (SSSR count). The predicted octanol–water partition coefficient (Wildman–Crippen LogP) is 4.80. The first-order chi connectivity index (χ1) is 10.6. The number of halogens is 2. The van der Waals surface area contributed by atoms with E-state index in [0.717, 1.165) is 15.6 Å². The third-order valence-corrected chi connectivity index (χ3v) is 5.66. The van der Waals surface area contributed by atoms with Crippen molar-refractivity contribution in [2.24, 2.45) is 4.99 Å². The van der Waals surface area contributed by atoms with Gasteiger partial charge in [0.2, 0.25) is 0 Å². The molecule has 7 heteroatoms. The van der Waals surface area contributed by atoms with Crippen molar-refractivity contribution < 1.29 is 4.79 Å². The molecule has 0 aliphatic carbocycles. The smallest absolute Gasteiger partial charge is 0.269 e. The van der Waals surface area contributed by atoms with Crippen LogP contribution >= 0.6 is 46.3 Å². The van der Waals surface area contributed by atoms with Gasteiger partial charge in [0.25, 0.3) is 5.91 Å². The van der Waals surface area contributed by atoms with Crippen molar-refractivity contribution in [1.29, 1.82) is 0 Å². The van der Waals surface area contributed by atoms with Gasteiger partial charge in [0, 0.05) is 22.3 Å². The molecule has 3 nitrogen and oxygen atoms in total. The Morgan fingerprint density at radius 2 is 2.23 bits per heavy atom. The van der Waals surface area contributed by atoms with Gasteiger partial charge in [0.1, 0.15) is 0 Å². The summed E-state index contributed by atoms with van der Waals surface area (Å²) in [6.07, 6.45) is 0. The Balaban J connectivity index is 1.68. The van der Waals surface area contributed by atoms with Gasteiger partial charge in [-0.1, -0.05) is 47.1 Å². The molecule has 0 N–H and O–H groups in total. The minimum Gasteiger partial charge on any atom is -0.285 e. The number of hydrogen-bond donors (Lipinski definition) is 0. The van der Waals surface area contributed by atoms with Crippen molar-refractivity contribution in [2.75, 3.05) is 13.1 Å². The third-order valence-electron chi connectivity index (χ3n) is 3.15. The molecule has 0 unspecified atom stereocenters. The van der Waals surface area contributed by atoms with Gasteiger partial charge in [0.15, 0.2) is 5.17 Å². The highest BCUT2D eigenvalue weighted by molar-refractivity contribution is 8.13. The summed E-state index contributed by atoms with van der Waals surface area (Å²) >= 11 is 15.0. The Labute approximate surface area is 146 Å². The molecule has 0 bridgehead atoms. The molecule has 2 aromatic rings. The second kappa shape index (κ2) is 7.04. The number of thiophene rings is 1. The molecular formula is C15H12Cl2N2OS2. The van der Waals surface area contributed by atoms with Crippen LogP contribution in [0.5, 0.6) is 0 Å². The average Bonchev–Trinajstić information content (AvgIpc) is 3.17. The zero-order chi connectivity index (χ0) is 15.5. The van der Waals surface area contributed by atoms with Crippen LogP contribution < -0.4 is 0 Å². The predicted molar refractivity (Wildman–Crippen MR) is 95.4 cm³/mol. The fraction of sp³-hybridized carbons (Fsp3) is 0.200. The Bertz CT molecular complexity index is 716. The molecule has 0 saturated heterocycles. The van der Waals surface area contributed by atoms with E-state index in [1.54, 1.807) is 11.0 Å². The number of carbonyl (C=O) groups excluding carboxylic acids is 1. The Morgan fingerprint density at radius 1 is 1.36 bits per heavy atom. The van der Waals surface area contributed by atoms with Crippen LogP contribution in [0.4, 0.5) is 0 Å². The lowest BCUT2D eigenvalue weighted by molar-refractivity contribution is 0.0865. The van der Waals surface area contributed by atoms with E-state index in [4.69, 9.17) is 23.2 Å². The topological polar surface area (TPSA) is 32.7 Å². The molecule has 0 radical (unpaired) electrons. The minimum absolute atomic E-state index is 0.0148. The molecule has 0 atom stereocenters. The number of amides is 1. The Kier molecular flexibility index (Phi) is 5.08. The van der Waals surface area contributed by atoms with Crippen molar-refractivity contribution in [3.63, 3.8) is 0 Å². The van der Waals surface area contributed by atoms with Crippen LogP contribution in [0, 0.1) is 0 Å². The lowest BCUT2D eigenvalue weighted by Crippen LogP contribution is -2.32. The fourth-order valence-corrected chi connectivity index (χ4v) is 4.33. The van der Waals surface area contributed by atoms with Gasteiger partial charge >= 0.3 is 0 Å². The van der Waals surface area contributed by atoms with E-state index >= 15 is 0 Å². The van der Waals surface area contributed by atoms with E-state index in [1.165, 1.54) is 23.1 Å². The lowest BCUT2D eigenvalue weighted by atomic mass is 10.2.